The molecule has 0 saturated carbocycles. The topological polar surface area (TPSA) is 40.7 Å². The summed E-state index contributed by atoms with van der Waals surface area (Å²) in [4.78, 5) is 7.78. The fourth-order valence-electron chi connectivity index (χ4n) is 2.28. The van der Waals surface area contributed by atoms with E-state index in [1.54, 1.807) is 0 Å². The standard InChI is InChI=1S/C12H15N3.2ClH/c1-8-5-9-6-11(10-3-2-4-13-10)15-12(9)14-7-8;;/h5-7,10,13H,2-4H2,1H3,(H,14,15);2*1H. The minimum atomic E-state index is 0. The molecule has 0 spiro atoms. The number of rotatable bonds is 1. The molecule has 0 bridgehead atoms. The van der Waals surface area contributed by atoms with E-state index >= 15 is 0 Å². The van der Waals surface area contributed by atoms with Crippen molar-refractivity contribution in [1.29, 1.82) is 0 Å². The summed E-state index contributed by atoms with van der Waals surface area (Å²) in [7, 11) is 0. The molecule has 2 N–H and O–H groups in total. The molecule has 17 heavy (non-hydrogen) atoms. The van der Waals surface area contributed by atoms with Crippen LogP contribution in [0.25, 0.3) is 11.0 Å². The third-order valence-electron chi connectivity index (χ3n) is 3.06. The Bertz CT molecular complexity index is 489. The quantitative estimate of drug-likeness (QED) is 0.838. The van der Waals surface area contributed by atoms with Crippen LogP contribution in [-0.4, -0.2) is 16.5 Å². The van der Waals surface area contributed by atoms with E-state index in [4.69, 9.17) is 0 Å². The molecule has 1 atom stereocenters. The van der Waals surface area contributed by atoms with E-state index in [0.29, 0.717) is 6.04 Å². The minimum Gasteiger partial charge on any atom is -0.342 e. The predicted octanol–water partition coefficient (Wildman–Crippen LogP) is 3.14. The van der Waals surface area contributed by atoms with Crippen molar-refractivity contribution >= 4 is 35.8 Å². The summed E-state index contributed by atoms with van der Waals surface area (Å²) in [5.41, 5.74) is 3.50. The Labute approximate surface area is 113 Å². The maximum absolute atomic E-state index is 4.39. The fourth-order valence-corrected chi connectivity index (χ4v) is 2.28. The van der Waals surface area contributed by atoms with Gasteiger partial charge in [-0.1, -0.05) is 0 Å². The maximum Gasteiger partial charge on any atom is 0.137 e. The minimum absolute atomic E-state index is 0. The van der Waals surface area contributed by atoms with Crippen molar-refractivity contribution in [3.8, 4) is 0 Å². The first-order chi connectivity index (χ1) is 7.33. The number of nitrogens with one attached hydrogen (secondary N) is 2. The van der Waals surface area contributed by atoms with Gasteiger partial charge in [0.2, 0.25) is 0 Å². The molecule has 3 heterocycles. The Balaban J connectivity index is 0.000000722. The van der Waals surface area contributed by atoms with Crippen molar-refractivity contribution in [2.24, 2.45) is 0 Å². The first-order valence-electron chi connectivity index (χ1n) is 5.51. The van der Waals surface area contributed by atoms with Crippen LogP contribution in [0.5, 0.6) is 0 Å². The molecule has 1 unspecified atom stereocenters. The lowest BCUT2D eigenvalue weighted by atomic mass is 10.1. The Morgan fingerprint density at radius 1 is 1.29 bits per heavy atom. The summed E-state index contributed by atoms with van der Waals surface area (Å²) < 4.78 is 0. The second kappa shape index (κ2) is 5.71. The number of hydrogen-bond acceptors (Lipinski definition) is 2. The third-order valence-corrected chi connectivity index (χ3v) is 3.06. The van der Waals surface area contributed by atoms with Gasteiger partial charge in [0.1, 0.15) is 5.65 Å². The number of aryl methyl sites for hydroxylation is 1. The van der Waals surface area contributed by atoms with Gasteiger partial charge in [-0.25, -0.2) is 4.98 Å². The summed E-state index contributed by atoms with van der Waals surface area (Å²) in [6.45, 7) is 3.21. The van der Waals surface area contributed by atoms with Crippen LogP contribution < -0.4 is 5.32 Å². The van der Waals surface area contributed by atoms with E-state index in [9.17, 15) is 0 Å². The first-order valence-corrected chi connectivity index (χ1v) is 5.51. The van der Waals surface area contributed by atoms with Crippen LogP contribution in [-0.2, 0) is 0 Å². The van der Waals surface area contributed by atoms with Gasteiger partial charge < -0.3 is 10.3 Å². The lowest BCUT2D eigenvalue weighted by molar-refractivity contribution is 0.633. The van der Waals surface area contributed by atoms with Crippen LogP contribution in [0, 0.1) is 6.92 Å². The highest BCUT2D eigenvalue weighted by Crippen LogP contribution is 2.25. The first kappa shape index (κ1) is 14.3. The van der Waals surface area contributed by atoms with Crippen molar-refractivity contribution in [3.05, 3.63) is 29.6 Å². The van der Waals surface area contributed by atoms with Crippen LogP contribution in [0.2, 0.25) is 0 Å². The van der Waals surface area contributed by atoms with E-state index in [1.807, 2.05) is 6.20 Å². The van der Waals surface area contributed by atoms with E-state index in [-0.39, 0.29) is 24.8 Å². The van der Waals surface area contributed by atoms with Crippen LogP contribution >= 0.6 is 24.8 Å². The Morgan fingerprint density at radius 3 is 2.82 bits per heavy atom. The number of halogens is 2. The molecule has 0 amide bonds. The zero-order valence-corrected chi connectivity index (χ0v) is 11.3. The molecule has 1 aliphatic rings. The highest BCUT2D eigenvalue weighted by molar-refractivity contribution is 5.85. The highest BCUT2D eigenvalue weighted by Gasteiger charge is 2.17. The summed E-state index contributed by atoms with van der Waals surface area (Å²) in [6, 6.07) is 4.90. The maximum atomic E-state index is 4.39. The lowest BCUT2D eigenvalue weighted by Gasteiger charge is -2.05. The van der Waals surface area contributed by atoms with Crippen molar-refractivity contribution in [2.75, 3.05) is 6.54 Å². The number of H-pyrrole nitrogens is 1. The van der Waals surface area contributed by atoms with Gasteiger partial charge in [-0.05, 0) is 44.0 Å². The number of nitrogens with zero attached hydrogens (tertiary/aromatic N) is 1. The molecule has 0 aliphatic carbocycles. The number of aromatic amines is 1. The number of aromatic nitrogens is 2. The van der Waals surface area contributed by atoms with E-state index in [0.717, 1.165) is 12.2 Å². The van der Waals surface area contributed by atoms with E-state index < -0.39 is 0 Å². The monoisotopic (exact) mass is 273 g/mol. The average molecular weight is 274 g/mol. The average Bonchev–Trinajstić information content (AvgIpc) is 2.84. The molecule has 1 aliphatic heterocycles. The zero-order valence-electron chi connectivity index (χ0n) is 9.69. The summed E-state index contributed by atoms with van der Waals surface area (Å²) in [5, 5.41) is 4.71. The Morgan fingerprint density at radius 2 is 2.12 bits per heavy atom. The van der Waals surface area contributed by atoms with Gasteiger partial charge in [0, 0.05) is 23.3 Å². The summed E-state index contributed by atoms with van der Waals surface area (Å²) >= 11 is 0. The number of pyridine rings is 1. The molecule has 3 nitrogen and oxygen atoms in total. The molecule has 2 aromatic heterocycles. The molecular formula is C12H17Cl2N3. The fraction of sp³-hybridized carbons (Fsp3) is 0.417. The van der Waals surface area contributed by atoms with Crippen LogP contribution in [0.3, 0.4) is 0 Å². The Hall–Kier alpha value is -0.770. The van der Waals surface area contributed by atoms with Crippen molar-refractivity contribution in [3.63, 3.8) is 0 Å². The summed E-state index contributed by atoms with van der Waals surface area (Å²) in [6.07, 6.45) is 4.41. The van der Waals surface area contributed by atoms with Gasteiger partial charge in [0.25, 0.3) is 0 Å². The molecule has 2 aromatic rings. The van der Waals surface area contributed by atoms with Gasteiger partial charge in [-0.3, -0.25) is 0 Å². The molecular weight excluding hydrogens is 257 g/mol. The SMILES string of the molecule is Cc1cnc2[nH]c(C3CCCN3)cc2c1.Cl.Cl. The molecule has 94 valence electrons. The molecule has 3 rings (SSSR count). The molecule has 1 fully saturated rings. The zero-order chi connectivity index (χ0) is 10.3. The van der Waals surface area contributed by atoms with Gasteiger partial charge in [0.05, 0.1) is 0 Å². The van der Waals surface area contributed by atoms with Crippen molar-refractivity contribution < 1.29 is 0 Å². The van der Waals surface area contributed by atoms with Gasteiger partial charge in [-0.15, -0.1) is 24.8 Å². The molecule has 0 radical (unpaired) electrons. The van der Waals surface area contributed by atoms with E-state index in [2.05, 4.69) is 34.3 Å². The van der Waals surface area contributed by atoms with Gasteiger partial charge in [0.15, 0.2) is 0 Å². The van der Waals surface area contributed by atoms with Gasteiger partial charge in [-0.2, -0.15) is 0 Å². The van der Waals surface area contributed by atoms with E-state index in [1.165, 1.54) is 29.5 Å². The van der Waals surface area contributed by atoms with Crippen LogP contribution in [0.1, 0.15) is 30.1 Å². The smallest absolute Gasteiger partial charge is 0.137 e. The van der Waals surface area contributed by atoms with Crippen LogP contribution in [0.4, 0.5) is 0 Å². The third kappa shape index (κ3) is 2.73. The molecule has 5 heteroatoms. The Kier molecular flexibility index (Phi) is 4.80. The highest BCUT2D eigenvalue weighted by atomic mass is 35.5. The molecule has 0 aromatic carbocycles. The normalized spacial score (nSPS) is 18.8. The van der Waals surface area contributed by atoms with Gasteiger partial charge >= 0.3 is 0 Å². The summed E-state index contributed by atoms with van der Waals surface area (Å²) in [5.74, 6) is 0. The molecule has 1 saturated heterocycles. The van der Waals surface area contributed by atoms with Crippen molar-refractivity contribution in [2.45, 2.75) is 25.8 Å². The second-order valence-electron chi connectivity index (χ2n) is 4.32. The predicted molar refractivity (Wildman–Crippen MR) is 75.3 cm³/mol. The van der Waals surface area contributed by atoms with Crippen LogP contribution in [0.15, 0.2) is 18.3 Å². The number of fused-ring (bicyclic) bond motifs is 1. The lowest BCUT2D eigenvalue weighted by Crippen LogP contribution is -2.12. The largest absolute Gasteiger partial charge is 0.342 e. The number of hydrogen-bond donors (Lipinski definition) is 2. The second-order valence-corrected chi connectivity index (χ2v) is 4.32. The van der Waals surface area contributed by atoms with Crippen molar-refractivity contribution in [1.82, 2.24) is 15.3 Å².